The molecule has 152 valence electrons. The van der Waals surface area contributed by atoms with Gasteiger partial charge in [0.15, 0.2) is 0 Å². The van der Waals surface area contributed by atoms with Crippen LogP contribution in [-0.2, 0) is 16.1 Å². The normalized spacial score (nSPS) is 18.1. The van der Waals surface area contributed by atoms with E-state index < -0.39 is 17.7 Å². The molecule has 8 heteroatoms. The number of nitrogens with zero attached hydrogens (tertiary/aromatic N) is 4. The number of carbonyl (C=O) groups is 2. The van der Waals surface area contributed by atoms with Crippen LogP contribution in [0.1, 0.15) is 23.6 Å². The van der Waals surface area contributed by atoms with Crippen molar-refractivity contribution in [2.24, 2.45) is 0 Å². The van der Waals surface area contributed by atoms with Crippen molar-refractivity contribution in [1.29, 1.82) is 0 Å². The summed E-state index contributed by atoms with van der Waals surface area (Å²) >= 11 is 0. The second kappa shape index (κ2) is 8.20. The fourth-order valence-electron chi connectivity index (χ4n) is 3.62. The first-order chi connectivity index (χ1) is 14.6. The minimum Gasteiger partial charge on any atom is -0.508 e. The molecule has 2 aromatic heterocycles. The number of ketones is 1. The molecule has 1 fully saturated rings. The zero-order chi connectivity index (χ0) is 21.1. The van der Waals surface area contributed by atoms with E-state index in [-0.39, 0.29) is 17.1 Å². The van der Waals surface area contributed by atoms with E-state index in [0.29, 0.717) is 30.6 Å². The average molecular weight is 404 g/mol. The van der Waals surface area contributed by atoms with Gasteiger partial charge in [0.05, 0.1) is 17.9 Å². The van der Waals surface area contributed by atoms with E-state index in [1.54, 1.807) is 36.8 Å². The molecule has 1 atom stereocenters. The number of aliphatic hydroxyl groups excluding tert-OH is 1. The number of carbonyl (C=O) groups excluding carboxylic acids is 2. The molecule has 8 nitrogen and oxygen atoms in total. The first-order valence-corrected chi connectivity index (χ1v) is 9.49. The Morgan fingerprint density at radius 3 is 2.37 bits per heavy atom. The van der Waals surface area contributed by atoms with Crippen LogP contribution in [0.4, 0.5) is 0 Å². The molecule has 1 unspecified atom stereocenters. The van der Waals surface area contributed by atoms with Gasteiger partial charge in [0.25, 0.3) is 11.7 Å². The predicted octanol–water partition coefficient (Wildman–Crippen LogP) is 2.50. The molecule has 0 aliphatic carbocycles. The maximum Gasteiger partial charge on any atom is 0.295 e. The molecule has 1 aliphatic heterocycles. The Labute approximate surface area is 172 Å². The number of Topliss-reactive ketones (excluding diaryl/α,β-unsaturated/α-hetero) is 1. The molecule has 30 heavy (non-hydrogen) atoms. The number of hydrogen-bond donors (Lipinski definition) is 2. The van der Waals surface area contributed by atoms with E-state index in [0.717, 1.165) is 0 Å². The highest BCUT2D eigenvalue weighted by Crippen LogP contribution is 2.39. The van der Waals surface area contributed by atoms with Gasteiger partial charge in [0.2, 0.25) is 0 Å². The third kappa shape index (κ3) is 3.67. The van der Waals surface area contributed by atoms with Crippen molar-refractivity contribution in [3.8, 4) is 5.75 Å². The molecule has 3 aromatic rings. The number of hydrogen-bond acceptors (Lipinski definition) is 6. The van der Waals surface area contributed by atoms with Gasteiger partial charge in [-0.1, -0.05) is 12.1 Å². The average Bonchev–Trinajstić information content (AvgIpc) is 3.37. The first-order valence-electron chi connectivity index (χ1n) is 9.49. The number of aromatic nitrogens is 3. The van der Waals surface area contributed by atoms with Crippen LogP contribution in [0.5, 0.6) is 5.75 Å². The molecule has 0 saturated carbocycles. The minimum absolute atomic E-state index is 0.0273. The number of benzene rings is 1. The number of imidazole rings is 1. The second-order valence-corrected chi connectivity index (χ2v) is 6.97. The highest BCUT2D eigenvalue weighted by molar-refractivity contribution is 6.46. The molecular weight excluding hydrogens is 384 g/mol. The fourth-order valence-corrected chi connectivity index (χ4v) is 3.62. The summed E-state index contributed by atoms with van der Waals surface area (Å²) in [6, 6.07) is 8.69. The fraction of sp³-hybridized carbons (Fsp3) is 0.182. The van der Waals surface area contributed by atoms with Crippen molar-refractivity contribution >= 4 is 17.4 Å². The van der Waals surface area contributed by atoms with Crippen LogP contribution in [0.15, 0.2) is 73.1 Å². The van der Waals surface area contributed by atoms with Gasteiger partial charge in [-0.15, -0.1) is 0 Å². The van der Waals surface area contributed by atoms with Crippen molar-refractivity contribution in [3.05, 3.63) is 84.2 Å². The van der Waals surface area contributed by atoms with E-state index >= 15 is 0 Å². The summed E-state index contributed by atoms with van der Waals surface area (Å²) in [5, 5.41) is 20.5. The Bertz CT molecular complexity index is 1080. The minimum atomic E-state index is -0.749. The number of phenolic OH excluding ortho intramolecular Hbond substituents is 1. The molecule has 4 rings (SSSR count). The summed E-state index contributed by atoms with van der Waals surface area (Å²) < 4.78 is 1.89. The van der Waals surface area contributed by atoms with Gasteiger partial charge in [0.1, 0.15) is 11.5 Å². The Morgan fingerprint density at radius 2 is 1.70 bits per heavy atom. The summed E-state index contributed by atoms with van der Waals surface area (Å²) in [6.45, 7) is 0.955. The number of aromatic hydroxyl groups is 1. The highest BCUT2D eigenvalue weighted by Gasteiger charge is 2.45. The lowest BCUT2D eigenvalue weighted by Crippen LogP contribution is -2.31. The van der Waals surface area contributed by atoms with Gasteiger partial charge in [-0.05, 0) is 36.2 Å². The Balaban J connectivity index is 1.72. The number of amides is 1. The van der Waals surface area contributed by atoms with E-state index in [1.165, 1.54) is 29.4 Å². The number of phenols is 1. The SMILES string of the molecule is O=C1C(=O)N(CCCn2ccnc2)C(c2ccc(O)cc2)/C1=C(\O)c1ccncc1. The Hall–Kier alpha value is -3.94. The topological polar surface area (TPSA) is 109 Å². The van der Waals surface area contributed by atoms with Crippen molar-refractivity contribution in [1.82, 2.24) is 19.4 Å². The van der Waals surface area contributed by atoms with E-state index in [2.05, 4.69) is 9.97 Å². The van der Waals surface area contributed by atoms with Gasteiger partial charge in [-0.2, -0.15) is 0 Å². The first kappa shape index (κ1) is 19.4. The third-order valence-electron chi connectivity index (χ3n) is 5.08. The van der Waals surface area contributed by atoms with Crippen LogP contribution in [0.2, 0.25) is 0 Å². The summed E-state index contributed by atoms with van der Waals surface area (Å²) in [7, 11) is 0. The number of likely N-dealkylation sites (tertiary alicyclic amines) is 1. The van der Waals surface area contributed by atoms with Crippen molar-refractivity contribution < 1.29 is 19.8 Å². The molecule has 1 aromatic carbocycles. The molecular formula is C22H20N4O4. The summed E-state index contributed by atoms with van der Waals surface area (Å²) in [5.74, 6) is -1.56. The summed E-state index contributed by atoms with van der Waals surface area (Å²) in [4.78, 5) is 35.1. The molecule has 1 saturated heterocycles. The van der Waals surface area contributed by atoms with Gasteiger partial charge < -0.3 is 19.7 Å². The van der Waals surface area contributed by atoms with Crippen LogP contribution in [0, 0.1) is 0 Å². The number of aliphatic hydroxyl groups is 1. The van der Waals surface area contributed by atoms with E-state index in [4.69, 9.17) is 0 Å². The molecule has 2 N–H and O–H groups in total. The lowest BCUT2D eigenvalue weighted by Gasteiger charge is -2.25. The van der Waals surface area contributed by atoms with Crippen LogP contribution in [0.25, 0.3) is 5.76 Å². The molecule has 1 aliphatic rings. The largest absolute Gasteiger partial charge is 0.508 e. The molecule has 1 amide bonds. The molecule has 0 radical (unpaired) electrons. The lowest BCUT2D eigenvalue weighted by atomic mass is 9.95. The van der Waals surface area contributed by atoms with Gasteiger partial charge in [0, 0.05) is 43.4 Å². The summed E-state index contributed by atoms with van der Waals surface area (Å²) in [5.41, 5.74) is 1.06. The third-order valence-corrected chi connectivity index (χ3v) is 5.08. The lowest BCUT2D eigenvalue weighted by molar-refractivity contribution is -0.139. The van der Waals surface area contributed by atoms with Gasteiger partial charge in [-0.25, -0.2) is 4.98 Å². The van der Waals surface area contributed by atoms with Crippen LogP contribution < -0.4 is 0 Å². The second-order valence-electron chi connectivity index (χ2n) is 6.97. The van der Waals surface area contributed by atoms with Crippen LogP contribution in [-0.4, -0.2) is 47.9 Å². The molecule has 3 heterocycles. The monoisotopic (exact) mass is 404 g/mol. The predicted molar refractivity (Wildman–Crippen MR) is 108 cm³/mol. The molecule has 0 bridgehead atoms. The zero-order valence-electron chi connectivity index (χ0n) is 16.0. The van der Waals surface area contributed by atoms with Crippen molar-refractivity contribution in [2.45, 2.75) is 19.0 Å². The van der Waals surface area contributed by atoms with Crippen LogP contribution >= 0.6 is 0 Å². The Morgan fingerprint density at radius 1 is 0.967 bits per heavy atom. The van der Waals surface area contributed by atoms with Gasteiger partial charge >= 0.3 is 0 Å². The van der Waals surface area contributed by atoms with Crippen molar-refractivity contribution in [2.75, 3.05) is 6.54 Å². The standard InChI is InChI=1S/C22H20N4O4/c27-17-4-2-15(3-5-17)19-18(20(28)16-6-8-23-9-7-16)21(29)22(30)26(19)12-1-11-25-13-10-24-14-25/h2-10,13-14,19,27-28H,1,11-12H2/b20-18+. The molecule has 0 spiro atoms. The maximum atomic E-state index is 12.9. The Kier molecular flexibility index (Phi) is 5.30. The zero-order valence-corrected chi connectivity index (χ0v) is 16.0. The number of rotatable bonds is 6. The van der Waals surface area contributed by atoms with Crippen LogP contribution in [0.3, 0.4) is 0 Å². The van der Waals surface area contributed by atoms with E-state index in [9.17, 15) is 19.8 Å². The highest BCUT2D eigenvalue weighted by atomic mass is 16.3. The quantitative estimate of drug-likeness (QED) is 0.371. The maximum absolute atomic E-state index is 12.9. The van der Waals surface area contributed by atoms with E-state index in [1.807, 2.05) is 10.8 Å². The van der Waals surface area contributed by atoms with Gasteiger partial charge in [-0.3, -0.25) is 14.6 Å². The number of pyridine rings is 1. The summed E-state index contributed by atoms with van der Waals surface area (Å²) in [6.07, 6.45) is 8.81. The smallest absolute Gasteiger partial charge is 0.295 e. The number of aryl methyl sites for hydroxylation is 1. The van der Waals surface area contributed by atoms with Crippen molar-refractivity contribution in [3.63, 3.8) is 0 Å².